The van der Waals surface area contributed by atoms with Gasteiger partial charge in [-0.3, -0.25) is 4.79 Å². The highest BCUT2D eigenvalue weighted by atomic mass is 16.3. The molecule has 1 aliphatic rings. The Balaban J connectivity index is 2.20. The number of nitrogens with one attached hydrogen (secondary N) is 1. The fourth-order valence-electron chi connectivity index (χ4n) is 2.04. The maximum atomic E-state index is 10.6. The van der Waals surface area contributed by atoms with Crippen LogP contribution in [0.1, 0.15) is 44.9 Å². The van der Waals surface area contributed by atoms with E-state index in [9.17, 15) is 9.90 Å². The molecule has 88 valence electrons. The molecular formula is C11H22N2O2. The second-order valence-corrected chi connectivity index (χ2v) is 4.37. The number of nitrogens with two attached hydrogens (primary N) is 1. The van der Waals surface area contributed by atoms with Crippen molar-refractivity contribution in [2.24, 2.45) is 5.73 Å². The van der Waals surface area contributed by atoms with Gasteiger partial charge < -0.3 is 16.2 Å². The molecule has 4 heteroatoms. The van der Waals surface area contributed by atoms with Crippen LogP contribution in [0.3, 0.4) is 0 Å². The summed E-state index contributed by atoms with van der Waals surface area (Å²) in [5.74, 6) is -0.645. The minimum Gasteiger partial charge on any atom is -0.382 e. The van der Waals surface area contributed by atoms with E-state index in [1.54, 1.807) is 0 Å². The first-order chi connectivity index (χ1) is 7.20. The highest BCUT2D eigenvalue weighted by Gasteiger charge is 2.15. The zero-order valence-corrected chi connectivity index (χ0v) is 9.24. The number of aliphatic hydroxyl groups excluding tert-OH is 1. The van der Waals surface area contributed by atoms with Crippen LogP contribution < -0.4 is 11.1 Å². The van der Waals surface area contributed by atoms with Gasteiger partial charge in [-0.15, -0.1) is 0 Å². The summed E-state index contributed by atoms with van der Waals surface area (Å²) in [6, 6.07) is 0.444. The molecule has 1 amide bonds. The topological polar surface area (TPSA) is 75.4 Å². The minimum absolute atomic E-state index is 0.292. The van der Waals surface area contributed by atoms with Crippen LogP contribution in [-0.2, 0) is 4.79 Å². The van der Waals surface area contributed by atoms with Crippen LogP contribution in [0.25, 0.3) is 0 Å². The van der Waals surface area contributed by atoms with Crippen molar-refractivity contribution >= 4 is 5.91 Å². The summed E-state index contributed by atoms with van der Waals surface area (Å²) in [6.07, 6.45) is 7.67. The monoisotopic (exact) mass is 214 g/mol. The van der Waals surface area contributed by atoms with E-state index in [-0.39, 0.29) is 0 Å². The van der Waals surface area contributed by atoms with Crippen LogP contribution in [0.2, 0.25) is 0 Å². The highest BCUT2D eigenvalue weighted by Crippen LogP contribution is 2.16. The van der Waals surface area contributed by atoms with E-state index in [1.165, 1.54) is 32.1 Å². The van der Waals surface area contributed by atoms with E-state index in [1.807, 2.05) is 0 Å². The van der Waals surface area contributed by atoms with Crippen molar-refractivity contribution in [3.05, 3.63) is 0 Å². The first-order valence-electron chi connectivity index (χ1n) is 5.91. The predicted octanol–water partition coefficient (Wildman–Crippen LogP) is 0.535. The van der Waals surface area contributed by atoms with Gasteiger partial charge in [0.2, 0.25) is 5.91 Å². The number of primary amides is 1. The third-order valence-corrected chi connectivity index (χ3v) is 3.03. The fourth-order valence-corrected chi connectivity index (χ4v) is 2.04. The quantitative estimate of drug-likeness (QED) is 0.639. The predicted molar refractivity (Wildman–Crippen MR) is 59.3 cm³/mol. The van der Waals surface area contributed by atoms with Gasteiger partial charge >= 0.3 is 0 Å². The van der Waals surface area contributed by atoms with E-state index >= 15 is 0 Å². The molecule has 0 saturated heterocycles. The summed E-state index contributed by atoms with van der Waals surface area (Å²) in [4.78, 5) is 10.6. The molecule has 0 aliphatic heterocycles. The number of hydrogen-bond donors (Lipinski definition) is 3. The van der Waals surface area contributed by atoms with Crippen LogP contribution >= 0.6 is 0 Å². The van der Waals surface area contributed by atoms with Gasteiger partial charge in [-0.05, 0) is 12.8 Å². The van der Waals surface area contributed by atoms with Crippen molar-refractivity contribution in [2.45, 2.75) is 57.1 Å². The Kier molecular flexibility index (Phi) is 5.65. The molecule has 1 saturated carbocycles. The van der Waals surface area contributed by atoms with Crippen LogP contribution in [0.5, 0.6) is 0 Å². The zero-order valence-electron chi connectivity index (χ0n) is 9.24. The lowest BCUT2D eigenvalue weighted by Gasteiger charge is -2.21. The Labute approximate surface area is 91.2 Å². The standard InChI is InChI=1S/C11H22N2O2/c12-11(15)10(14)8-13-9-6-4-2-1-3-5-7-9/h9-10,13-14H,1-8H2,(H2,12,15). The van der Waals surface area contributed by atoms with Crippen LogP contribution in [-0.4, -0.2) is 29.7 Å². The van der Waals surface area contributed by atoms with Gasteiger partial charge in [0.05, 0.1) is 0 Å². The van der Waals surface area contributed by atoms with Gasteiger partial charge in [-0.1, -0.05) is 32.1 Å². The summed E-state index contributed by atoms with van der Waals surface area (Å²) in [5, 5.41) is 12.5. The number of carbonyl (C=O) groups is 1. The van der Waals surface area contributed by atoms with E-state index in [0.717, 1.165) is 12.8 Å². The molecule has 1 fully saturated rings. The highest BCUT2D eigenvalue weighted by molar-refractivity contribution is 5.78. The molecule has 0 spiro atoms. The fraction of sp³-hybridized carbons (Fsp3) is 0.909. The number of hydrogen-bond acceptors (Lipinski definition) is 3. The van der Waals surface area contributed by atoms with Gasteiger partial charge in [-0.25, -0.2) is 0 Å². The third kappa shape index (κ3) is 5.14. The molecule has 1 rings (SSSR count). The average molecular weight is 214 g/mol. The lowest BCUT2D eigenvalue weighted by Crippen LogP contribution is -2.41. The second-order valence-electron chi connectivity index (χ2n) is 4.37. The lowest BCUT2D eigenvalue weighted by atomic mass is 9.96. The van der Waals surface area contributed by atoms with E-state index in [4.69, 9.17) is 5.73 Å². The molecule has 0 aromatic carbocycles. The molecule has 0 heterocycles. The van der Waals surface area contributed by atoms with Crippen LogP contribution in [0, 0.1) is 0 Å². The summed E-state index contributed by atoms with van der Waals surface area (Å²) in [5.41, 5.74) is 4.98. The van der Waals surface area contributed by atoms with E-state index in [2.05, 4.69) is 5.32 Å². The summed E-state index contributed by atoms with van der Waals surface area (Å²) in [7, 11) is 0. The second kappa shape index (κ2) is 6.80. The van der Waals surface area contributed by atoms with Crippen LogP contribution in [0.4, 0.5) is 0 Å². The summed E-state index contributed by atoms with van der Waals surface area (Å²) < 4.78 is 0. The Morgan fingerprint density at radius 3 is 2.33 bits per heavy atom. The van der Waals surface area contributed by atoms with E-state index in [0.29, 0.717) is 12.6 Å². The number of rotatable bonds is 4. The first kappa shape index (κ1) is 12.5. The number of amides is 1. The maximum absolute atomic E-state index is 10.6. The van der Waals surface area contributed by atoms with Crippen molar-refractivity contribution in [1.29, 1.82) is 0 Å². The summed E-state index contributed by atoms with van der Waals surface area (Å²) in [6.45, 7) is 0.292. The molecule has 0 radical (unpaired) electrons. The van der Waals surface area contributed by atoms with Gasteiger partial charge in [0.15, 0.2) is 0 Å². The van der Waals surface area contributed by atoms with Crippen molar-refractivity contribution in [3.8, 4) is 0 Å². The smallest absolute Gasteiger partial charge is 0.247 e. The Morgan fingerprint density at radius 2 is 1.80 bits per heavy atom. The molecular weight excluding hydrogens is 192 g/mol. The molecule has 4 nitrogen and oxygen atoms in total. The molecule has 15 heavy (non-hydrogen) atoms. The molecule has 0 aromatic rings. The zero-order chi connectivity index (χ0) is 11.1. The molecule has 1 unspecified atom stereocenters. The molecule has 1 aliphatic carbocycles. The minimum atomic E-state index is -1.05. The van der Waals surface area contributed by atoms with Gasteiger partial charge in [0, 0.05) is 12.6 Å². The number of carbonyl (C=O) groups excluding carboxylic acids is 1. The first-order valence-corrected chi connectivity index (χ1v) is 5.91. The molecule has 4 N–H and O–H groups in total. The average Bonchev–Trinajstić information content (AvgIpc) is 2.15. The van der Waals surface area contributed by atoms with Crippen molar-refractivity contribution in [3.63, 3.8) is 0 Å². The molecule has 0 bridgehead atoms. The third-order valence-electron chi connectivity index (χ3n) is 3.03. The largest absolute Gasteiger partial charge is 0.382 e. The number of aliphatic hydroxyl groups is 1. The Hall–Kier alpha value is -0.610. The Morgan fingerprint density at radius 1 is 1.27 bits per heavy atom. The molecule has 1 atom stereocenters. The normalized spacial score (nSPS) is 21.7. The molecule has 0 aromatic heterocycles. The van der Waals surface area contributed by atoms with Gasteiger partial charge in [0.1, 0.15) is 6.10 Å². The van der Waals surface area contributed by atoms with Gasteiger partial charge in [-0.2, -0.15) is 0 Å². The van der Waals surface area contributed by atoms with Crippen molar-refractivity contribution in [1.82, 2.24) is 5.32 Å². The van der Waals surface area contributed by atoms with Gasteiger partial charge in [0.25, 0.3) is 0 Å². The summed E-state index contributed by atoms with van der Waals surface area (Å²) >= 11 is 0. The SMILES string of the molecule is NC(=O)C(O)CNC1CCCCCCC1. The lowest BCUT2D eigenvalue weighted by molar-refractivity contribution is -0.125. The maximum Gasteiger partial charge on any atom is 0.247 e. The van der Waals surface area contributed by atoms with E-state index < -0.39 is 12.0 Å². The van der Waals surface area contributed by atoms with Crippen molar-refractivity contribution in [2.75, 3.05) is 6.54 Å². The van der Waals surface area contributed by atoms with Crippen LogP contribution in [0.15, 0.2) is 0 Å². The Bertz CT molecular complexity index is 189. The van der Waals surface area contributed by atoms with Crippen molar-refractivity contribution < 1.29 is 9.90 Å².